The van der Waals surface area contributed by atoms with Gasteiger partial charge in [0.05, 0.1) is 16.7 Å². The first kappa shape index (κ1) is 34.9. The molecule has 12 rings (SSSR count). The van der Waals surface area contributed by atoms with Crippen LogP contribution in [-0.4, -0.2) is 4.57 Å². The van der Waals surface area contributed by atoms with Gasteiger partial charge in [-0.15, -0.1) is 0 Å². The van der Waals surface area contributed by atoms with E-state index in [-0.39, 0.29) is 0 Å². The molecule has 286 valence electrons. The lowest BCUT2D eigenvalue weighted by Gasteiger charge is -2.28. The zero-order valence-electron chi connectivity index (χ0n) is 33.2. The number of nitrogens with zero attached hydrogens (tertiary/aromatic N) is 2. The number of fused-ring (bicyclic) bond motifs is 7. The third-order valence-electron chi connectivity index (χ3n) is 12.2. The maximum Gasteiger partial charge on any atom is 0.136 e. The van der Waals surface area contributed by atoms with Crippen LogP contribution in [0, 0.1) is 0 Å². The highest BCUT2D eigenvalue weighted by molar-refractivity contribution is 6.14. The first-order valence-electron chi connectivity index (χ1n) is 20.8. The van der Waals surface area contributed by atoms with Crippen LogP contribution >= 0.6 is 0 Å². The summed E-state index contributed by atoms with van der Waals surface area (Å²) < 4.78 is 8.76. The lowest BCUT2D eigenvalue weighted by molar-refractivity contribution is 0.669. The Bertz CT molecular complexity index is 3540. The maximum atomic E-state index is 6.39. The number of anilines is 3. The van der Waals surface area contributed by atoms with Crippen molar-refractivity contribution in [2.24, 2.45) is 0 Å². The molecule has 0 aliphatic rings. The molecule has 0 N–H and O–H groups in total. The smallest absolute Gasteiger partial charge is 0.136 e. The molecule has 0 spiro atoms. The Morgan fingerprint density at radius 2 is 0.885 bits per heavy atom. The molecule has 0 unspecified atom stereocenters. The minimum absolute atomic E-state index is 0.880. The molecule has 10 aromatic carbocycles. The molecular weight excluding hydrogens is 741 g/mol. The van der Waals surface area contributed by atoms with Gasteiger partial charge in [0.15, 0.2) is 0 Å². The highest BCUT2D eigenvalue weighted by atomic mass is 16.3. The maximum absolute atomic E-state index is 6.39. The van der Waals surface area contributed by atoms with Gasteiger partial charge in [0.25, 0.3) is 0 Å². The molecule has 0 aliphatic heterocycles. The second-order valence-electron chi connectivity index (χ2n) is 15.7. The van der Waals surface area contributed by atoms with Crippen molar-refractivity contribution in [3.8, 4) is 39.1 Å². The van der Waals surface area contributed by atoms with Crippen molar-refractivity contribution in [3.63, 3.8) is 0 Å². The quantitative estimate of drug-likeness (QED) is 0.161. The van der Waals surface area contributed by atoms with Crippen molar-refractivity contribution in [1.29, 1.82) is 0 Å². The Labute approximate surface area is 353 Å². The van der Waals surface area contributed by atoms with E-state index in [2.05, 4.69) is 234 Å². The fraction of sp³-hybridized carbons (Fsp3) is 0. The van der Waals surface area contributed by atoms with Crippen LogP contribution in [0.15, 0.2) is 235 Å². The zero-order valence-corrected chi connectivity index (χ0v) is 33.2. The van der Waals surface area contributed by atoms with E-state index in [1.165, 1.54) is 49.3 Å². The summed E-state index contributed by atoms with van der Waals surface area (Å²) in [6, 6.07) is 83.0. The highest BCUT2D eigenvalue weighted by Crippen LogP contribution is 2.45. The van der Waals surface area contributed by atoms with Gasteiger partial charge in [0.1, 0.15) is 11.2 Å². The Morgan fingerprint density at radius 1 is 0.344 bits per heavy atom. The molecule has 3 nitrogen and oxygen atoms in total. The molecule has 0 atom stereocenters. The van der Waals surface area contributed by atoms with Gasteiger partial charge in [-0.1, -0.05) is 152 Å². The summed E-state index contributed by atoms with van der Waals surface area (Å²) in [6.07, 6.45) is 0. The Balaban J connectivity index is 0.995. The lowest BCUT2D eigenvalue weighted by Crippen LogP contribution is -2.11. The first-order valence-corrected chi connectivity index (χ1v) is 20.8. The molecule has 0 saturated carbocycles. The number of benzene rings is 10. The summed E-state index contributed by atoms with van der Waals surface area (Å²) in [6.45, 7) is 0. The van der Waals surface area contributed by atoms with E-state index < -0.39 is 0 Å². The van der Waals surface area contributed by atoms with E-state index in [4.69, 9.17) is 4.42 Å². The number of furan rings is 1. The third-order valence-corrected chi connectivity index (χ3v) is 12.2. The lowest BCUT2D eigenvalue weighted by atomic mass is 9.96. The number of rotatable bonds is 7. The Hall–Kier alpha value is -8.14. The summed E-state index contributed by atoms with van der Waals surface area (Å²) in [4.78, 5) is 2.39. The average Bonchev–Trinajstić information content (AvgIpc) is 3.88. The average molecular weight is 779 g/mol. The van der Waals surface area contributed by atoms with E-state index in [9.17, 15) is 0 Å². The predicted molar refractivity (Wildman–Crippen MR) is 257 cm³/mol. The van der Waals surface area contributed by atoms with Crippen molar-refractivity contribution < 1.29 is 4.42 Å². The third kappa shape index (κ3) is 5.90. The van der Waals surface area contributed by atoms with Gasteiger partial charge in [0, 0.05) is 44.2 Å². The van der Waals surface area contributed by atoms with Crippen LogP contribution in [0.1, 0.15) is 0 Å². The van der Waals surface area contributed by atoms with E-state index in [1.54, 1.807) is 0 Å². The summed E-state index contributed by atoms with van der Waals surface area (Å²) in [7, 11) is 0. The van der Waals surface area contributed by atoms with Crippen molar-refractivity contribution in [3.05, 3.63) is 231 Å². The van der Waals surface area contributed by atoms with Crippen LogP contribution in [0.25, 0.3) is 93.6 Å². The summed E-state index contributed by atoms with van der Waals surface area (Å²) >= 11 is 0. The molecule has 12 aromatic rings. The van der Waals surface area contributed by atoms with Crippen LogP contribution in [0.3, 0.4) is 0 Å². The second-order valence-corrected chi connectivity index (χ2v) is 15.7. The number of para-hydroxylation sites is 4. The molecule has 0 bridgehead atoms. The SMILES string of the molecule is c1cc(-c2ccc(N(c3ccc(-n4c5ccccc5c5ccccc54)cc3)c3ccccc3-c3cccc4oc5ccccc5c34)cc2)cc(-c2ccc3ccccc3c2)c1. The molecule has 0 fully saturated rings. The largest absolute Gasteiger partial charge is 0.456 e. The fourth-order valence-electron chi connectivity index (χ4n) is 9.32. The van der Waals surface area contributed by atoms with Gasteiger partial charge >= 0.3 is 0 Å². The van der Waals surface area contributed by atoms with E-state index in [0.717, 1.165) is 61.4 Å². The molecule has 0 amide bonds. The van der Waals surface area contributed by atoms with Gasteiger partial charge in [-0.05, 0) is 117 Å². The van der Waals surface area contributed by atoms with Crippen LogP contribution in [0.4, 0.5) is 17.1 Å². The molecular formula is C58H38N2O. The molecule has 0 aliphatic carbocycles. The highest BCUT2D eigenvalue weighted by Gasteiger charge is 2.21. The fourth-order valence-corrected chi connectivity index (χ4v) is 9.32. The van der Waals surface area contributed by atoms with E-state index in [0.29, 0.717) is 0 Å². The normalized spacial score (nSPS) is 11.6. The summed E-state index contributed by atoms with van der Waals surface area (Å²) in [5.74, 6) is 0. The minimum Gasteiger partial charge on any atom is -0.456 e. The van der Waals surface area contributed by atoms with E-state index >= 15 is 0 Å². The van der Waals surface area contributed by atoms with Gasteiger partial charge in [-0.2, -0.15) is 0 Å². The Morgan fingerprint density at radius 3 is 1.66 bits per heavy atom. The van der Waals surface area contributed by atoms with E-state index in [1.807, 2.05) is 6.07 Å². The molecule has 0 radical (unpaired) electrons. The molecule has 2 aromatic heterocycles. The van der Waals surface area contributed by atoms with Gasteiger partial charge < -0.3 is 13.9 Å². The van der Waals surface area contributed by atoms with Crippen LogP contribution in [-0.2, 0) is 0 Å². The number of aromatic nitrogens is 1. The first-order chi connectivity index (χ1) is 30.2. The Kier molecular flexibility index (Phi) is 8.17. The summed E-state index contributed by atoms with van der Waals surface area (Å²) in [5, 5.41) is 7.23. The van der Waals surface area contributed by atoms with Crippen molar-refractivity contribution in [1.82, 2.24) is 4.57 Å². The van der Waals surface area contributed by atoms with Crippen LogP contribution in [0.5, 0.6) is 0 Å². The summed E-state index contributed by atoms with van der Waals surface area (Å²) in [5.41, 5.74) is 15.5. The van der Waals surface area contributed by atoms with Gasteiger partial charge in [-0.3, -0.25) is 0 Å². The monoisotopic (exact) mass is 778 g/mol. The molecule has 3 heteroatoms. The predicted octanol–water partition coefficient (Wildman–Crippen LogP) is 16.3. The topological polar surface area (TPSA) is 21.3 Å². The number of hydrogen-bond acceptors (Lipinski definition) is 2. The van der Waals surface area contributed by atoms with Crippen molar-refractivity contribution in [2.75, 3.05) is 4.90 Å². The van der Waals surface area contributed by atoms with Crippen molar-refractivity contribution >= 4 is 71.6 Å². The standard InChI is InChI=1S/C58H38N2O/c1-2-14-41-38-44(28-27-39(41)13-1)43-16-11-15-42(37-43)40-29-31-45(32-30-40)59(46-33-35-47(36-34-46)60-54-23-8-3-17-48(54)49-18-4-9-24-55(49)60)53-22-7-5-19-50(53)51-21-12-26-57-58(51)52-20-6-10-25-56(52)61-57/h1-38H. The van der Waals surface area contributed by atoms with Gasteiger partial charge in [0.2, 0.25) is 0 Å². The molecule has 61 heavy (non-hydrogen) atoms. The molecule has 2 heterocycles. The molecule has 0 saturated heterocycles. The minimum atomic E-state index is 0.880. The van der Waals surface area contributed by atoms with Crippen LogP contribution in [0.2, 0.25) is 0 Å². The second kappa shape index (κ2) is 14.3. The van der Waals surface area contributed by atoms with Crippen LogP contribution < -0.4 is 4.90 Å². The van der Waals surface area contributed by atoms with Crippen molar-refractivity contribution in [2.45, 2.75) is 0 Å². The number of hydrogen-bond donors (Lipinski definition) is 0. The zero-order chi connectivity index (χ0) is 40.3. The van der Waals surface area contributed by atoms with Gasteiger partial charge in [-0.25, -0.2) is 0 Å².